The van der Waals surface area contributed by atoms with Gasteiger partial charge in [-0.2, -0.15) is 0 Å². The fraction of sp³-hybridized carbons (Fsp3) is 0.167. The van der Waals surface area contributed by atoms with Crippen LogP contribution in [-0.4, -0.2) is 24.7 Å². The van der Waals surface area contributed by atoms with E-state index in [0.717, 1.165) is 0 Å². The third-order valence-corrected chi connectivity index (χ3v) is 4.28. The zero-order valence-corrected chi connectivity index (χ0v) is 11.4. The van der Waals surface area contributed by atoms with Crippen LogP contribution in [0.25, 0.3) is 0 Å². The summed E-state index contributed by atoms with van der Waals surface area (Å²) in [7, 11) is -4.23. The number of aromatic carboxylic acids is 1. The lowest BCUT2D eigenvalue weighted by Gasteiger charge is -2.07. The van der Waals surface area contributed by atoms with Crippen molar-refractivity contribution >= 4 is 15.8 Å². The quantitative estimate of drug-likeness (QED) is 0.865. The molecule has 0 atom stereocenters. The van der Waals surface area contributed by atoms with Crippen molar-refractivity contribution in [2.45, 2.75) is 17.6 Å². The molecule has 0 spiro atoms. The Morgan fingerprint density at radius 3 is 2.57 bits per heavy atom. The molecule has 0 aliphatic heterocycles. The number of benzene rings is 1. The second-order valence-corrected chi connectivity index (χ2v) is 6.19. The molecule has 9 heteroatoms. The maximum Gasteiger partial charge on any atom is 0.341 e. The molecule has 0 saturated carbocycles. The minimum Gasteiger partial charge on any atom is -0.477 e. The van der Waals surface area contributed by atoms with Gasteiger partial charge in [-0.25, -0.2) is 22.0 Å². The number of carboxylic acid groups (broad SMARTS) is 1. The first-order valence-corrected chi connectivity index (χ1v) is 7.24. The minimum absolute atomic E-state index is 0.0353. The van der Waals surface area contributed by atoms with Crippen LogP contribution < -0.4 is 0 Å². The second kappa shape index (κ2) is 5.24. The van der Waals surface area contributed by atoms with E-state index in [1.165, 1.54) is 6.07 Å². The minimum atomic E-state index is -4.23. The molecular weight excluding hydrogens is 308 g/mol. The number of hydrogen-bond donors (Lipinski definition) is 1. The molecule has 1 aromatic carbocycles. The normalized spacial score (nSPS) is 11.6. The molecule has 0 unspecified atom stereocenters. The van der Waals surface area contributed by atoms with E-state index in [4.69, 9.17) is 9.63 Å². The van der Waals surface area contributed by atoms with Crippen molar-refractivity contribution in [1.29, 1.82) is 0 Å². The summed E-state index contributed by atoms with van der Waals surface area (Å²) >= 11 is 0. The molecule has 21 heavy (non-hydrogen) atoms. The van der Waals surface area contributed by atoms with E-state index in [1.807, 2.05) is 0 Å². The van der Waals surface area contributed by atoms with Crippen molar-refractivity contribution in [3.8, 4) is 0 Å². The first-order chi connectivity index (χ1) is 9.72. The molecule has 2 rings (SSSR count). The van der Waals surface area contributed by atoms with Crippen LogP contribution in [0.15, 0.2) is 27.6 Å². The Morgan fingerprint density at radius 1 is 1.38 bits per heavy atom. The maximum absolute atomic E-state index is 13.9. The molecule has 0 aliphatic rings. The summed E-state index contributed by atoms with van der Waals surface area (Å²) in [6.45, 7) is 1.55. The lowest BCUT2D eigenvalue weighted by Crippen LogP contribution is -2.13. The van der Waals surface area contributed by atoms with Crippen molar-refractivity contribution in [3.63, 3.8) is 0 Å². The molecule has 2 aromatic rings. The highest BCUT2D eigenvalue weighted by atomic mass is 32.2. The summed E-state index contributed by atoms with van der Waals surface area (Å²) < 4.78 is 56.1. The average molecular weight is 317 g/mol. The molecular formula is C12H9F2NO5S. The molecule has 1 heterocycles. The fourth-order valence-electron chi connectivity index (χ4n) is 1.73. The van der Waals surface area contributed by atoms with Crippen molar-refractivity contribution < 1.29 is 31.6 Å². The number of carboxylic acids is 1. The van der Waals surface area contributed by atoms with E-state index in [2.05, 4.69) is 5.16 Å². The van der Waals surface area contributed by atoms with Gasteiger partial charge in [0.1, 0.15) is 27.8 Å². The zero-order valence-electron chi connectivity index (χ0n) is 10.6. The fourth-order valence-corrected chi connectivity index (χ4v) is 3.06. The van der Waals surface area contributed by atoms with E-state index in [9.17, 15) is 22.0 Å². The Morgan fingerprint density at radius 2 is 2.05 bits per heavy atom. The Bertz CT molecular complexity index is 813. The topological polar surface area (TPSA) is 97.5 Å². The van der Waals surface area contributed by atoms with Crippen LogP contribution >= 0.6 is 0 Å². The van der Waals surface area contributed by atoms with Crippen molar-refractivity contribution in [1.82, 2.24) is 5.16 Å². The number of aryl methyl sites for hydroxylation is 1. The van der Waals surface area contributed by atoms with Gasteiger partial charge in [0.05, 0.1) is 5.69 Å². The van der Waals surface area contributed by atoms with Crippen LogP contribution in [0.3, 0.4) is 0 Å². The largest absolute Gasteiger partial charge is 0.477 e. The molecule has 0 fully saturated rings. The third kappa shape index (κ3) is 2.92. The van der Waals surface area contributed by atoms with Gasteiger partial charge < -0.3 is 9.63 Å². The lowest BCUT2D eigenvalue weighted by molar-refractivity contribution is 0.0685. The van der Waals surface area contributed by atoms with Gasteiger partial charge >= 0.3 is 5.97 Å². The standard InChI is InChI=1S/C12H9F2NO5S/c1-6-4-7(15-20-6)5-21(18,19)9-3-2-8(13)10(11(9)14)12(16)17/h2-4H,5H2,1H3,(H,16,17). The van der Waals surface area contributed by atoms with Crippen molar-refractivity contribution in [2.24, 2.45) is 0 Å². The summed E-state index contributed by atoms with van der Waals surface area (Å²) in [5, 5.41) is 12.2. The van der Waals surface area contributed by atoms with E-state index >= 15 is 0 Å². The number of hydrogen-bond acceptors (Lipinski definition) is 5. The predicted octanol–water partition coefficient (Wildman–Crippen LogP) is 1.93. The number of carbonyl (C=O) groups is 1. The third-order valence-electron chi connectivity index (χ3n) is 2.62. The first kappa shape index (κ1) is 15.1. The Labute approximate surface area is 117 Å². The van der Waals surface area contributed by atoms with Crippen LogP contribution in [0.1, 0.15) is 21.8 Å². The van der Waals surface area contributed by atoms with Gasteiger partial charge in [0.2, 0.25) is 0 Å². The van der Waals surface area contributed by atoms with Gasteiger partial charge in [-0.05, 0) is 19.1 Å². The number of nitrogens with zero attached hydrogens (tertiary/aromatic N) is 1. The summed E-state index contributed by atoms with van der Waals surface area (Å²) in [5.74, 6) is -5.20. The summed E-state index contributed by atoms with van der Waals surface area (Å²) in [4.78, 5) is 9.88. The maximum atomic E-state index is 13.9. The highest BCUT2D eigenvalue weighted by Gasteiger charge is 2.27. The molecule has 0 aliphatic carbocycles. The van der Waals surface area contributed by atoms with Gasteiger partial charge in [-0.1, -0.05) is 5.16 Å². The van der Waals surface area contributed by atoms with Crippen LogP contribution in [0.4, 0.5) is 8.78 Å². The van der Waals surface area contributed by atoms with Gasteiger partial charge in [0, 0.05) is 6.07 Å². The predicted molar refractivity (Wildman–Crippen MR) is 65.4 cm³/mol. The Kier molecular flexibility index (Phi) is 3.77. The summed E-state index contributed by atoms with van der Waals surface area (Å²) in [5.41, 5.74) is -1.28. The van der Waals surface area contributed by atoms with Gasteiger partial charge in [-0.3, -0.25) is 0 Å². The Balaban J connectivity index is 2.50. The number of aromatic nitrogens is 1. The zero-order chi connectivity index (χ0) is 15.8. The summed E-state index contributed by atoms with van der Waals surface area (Å²) in [6.07, 6.45) is 0. The second-order valence-electron chi connectivity index (χ2n) is 4.23. The molecule has 1 N–H and O–H groups in total. The van der Waals surface area contributed by atoms with Crippen LogP contribution in [0, 0.1) is 18.6 Å². The van der Waals surface area contributed by atoms with Gasteiger partial charge in [0.25, 0.3) is 0 Å². The van der Waals surface area contributed by atoms with Gasteiger partial charge in [0.15, 0.2) is 15.7 Å². The average Bonchev–Trinajstić information content (AvgIpc) is 2.72. The lowest BCUT2D eigenvalue weighted by atomic mass is 10.2. The molecule has 0 saturated heterocycles. The Hall–Kier alpha value is -2.29. The van der Waals surface area contributed by atoms with Crippen LogP contribution in [0.5, 0.6) is 0 Å². The first-order valence-electron chi connectivity index (χ1n) is 5.58. The molecule has 112 valence electrons. The van der Waals surface area contributed by atoms with E-state index in [-0.39, 0.29) is 5.69 Å². The van der Waals surface area contributed by atoms with Crippen molar-refractivity contribution in [3.05, 3.63) is 46.9 Å². The van der Waals surface area contributed by atoms with E-state index in [1.54, 1.807) is 6.92 Å². The molecule has 0 amide bonds. The smallest absolute Gasteiger partial charge is 0.341 e. The molecule has 1 aromatic heterocycles. The van der Waals surface area contributed by atoms with Crippen molar-refractivity contribution in [2.75, 3.05) is 0 Å². The van der Waals surface area contributed by atoms with Crippen LogP contribution in [0.2, 0.25) is 0 Å². The molecule has 0 bridgehead atoms. The molecule has 0 radical (unpaired) electrons. The highest BCUT2D eigenvalue weighted by molar-refractivity contribution is 7.90. The number of rotatable bonds is 4. The highest BCUT2D eigenvalue weighted by Crippen LogP contribution is 2.24. The monoisotopic (exact) mass is 317 g/mol. The number of halogens is 2. The number of sulfone groups is 1. The van der Waals surface area contributed by atoms with Gasteiger partial charge in [-0.15, -0.1) is 0 Å². The molecule has 6 nitrogen and oxygen atoms in total. The SMILES string of the molecule is Cc1cc(CS(=O)(=O)c2ccc(F)c(C(=O)O)c2F)no1. The summed E-state index contributed by atoms with van der Waals surface area (Å²) in [6, 6.07) is 2.62. The van der Waals surface area contributed by atoms with E-state index in [0.29, 0.717) is 17.9 Å². The van der Waals surface area contributed by atoms with Crippen LogP contribution in [-0.2, 0) is 15.6 Å². The van der Waals surface area contributed by atoms with E-state index < -0.39 is 43.7 Å².